The number of benzene rings is 2. The van der Waals surface area contributed by atoms with Crippen LogP contribution in [0.5, 0.6) is 0 Å². The number of halogens is 1. The molecule has 0 aliphatic heterocycles. The van der Waals surface area contributed by atoms with Gasteiger partial charge in [0.25, 0.3) is 0 Å². The molecule has 0 fully saturated rings. The lowest BCUT2D eigenvalue weighted by atomic mass is 10.0. The molecule has 1 heterocycles. The van der Waals surface area contributed by atoms with Gasteiger partial charge in [0, 0.05) is 28.7 Å². The number of anilines is 1. The topological polar surface area (TPSA) is 42.2 Å². The van der Waals surface area contributed by atoms with Crippen molar-refractivity contribution < 1.29 is 4.42 Å². The quantitative estimate of drug-likeness (QED) is 0.689. The summed E-state index contributed by atoms with van der Waals surface area (Å²) in [4.78, 5) is 11.9. The van der Waals surface area contributed by atoms with E-state index in [1.165, 1.54) is 0 Å². The van der Waals surface area contributed by atoms with Gasteiger partial charge in [0.05, 0.1) is 0 Å². The van der Waals surface area contributed by atoms with E-state index in [0.29, 0.717) is 12.1 Å². The van der Waals surface area contributed by atoms with Crippen molar-refractivity contribution in [3.05, 3.63) is 74.1 Å². The van der Waals surface area contributed by atoms with Crippen molar-refractivity contribution in [1.82, 2.24) is 0 Å². The molecule has 0 aliphatic rings. The second kappa shape index (κ2) is 6.09. The SMILES string of the molecule is Cc1ccc2c(CNc3cccc(Cl)c3C)cc(=O)oc2c1C. The minimum absolute atomic E-state index is 0.328. The lowest BCUT2D eigenvalue weighted by molar-refractivity contribution is 0.556. The van der Waals surface area contributed by atoms with E-state index in [2.05, 4.69) is 5.32 Å². The summed E-state index contributed by atoms with van der Waals surface area (Å²) in [5.74, 6) is 0. The zero-order valence-corrected chi connectivity index (χ0v) is 14.1. The van der Waals surface area contributed by atoms with Crippen LogP contribution in [0.2, 0.25) is 5.02 Å². The van der Waals surface area contributed by atoms with Crippen LogP contribution >= 0.6 is 11.6 Å². The Kier molecular flexibility index (Phi) is 4.14. The van der Waals surface area contributed by atoms with Crippen LogP contribution in [-0.2, 0) is 6.54 Å². The molecule has 1 N–H and O–H groups in total. The summed E-state index contributed by atoms with van der Waals surface area (Å²) in [5, 5.41) is 5.04. The number of hydrogen-bond acceptors (Lipinski definition) is 3. The lowest BCUT2D eigenvalue weighted by Crippen LogP contribution is -2.07. The van der Waals surface area contributed by atoms with E-state index >= 15 is 0 Å². The molecule has 0 aliphatic carbocycles. The predicted molar refractivity (Wildman–Crippen MR) is 95.5 cm³/mol. The number of fused-ring (bicyclic) bond motifs is 1. The monoisotopic (exact) mass is 327 g/mol. The maximum absolute atomic E-state index is 11.9. The molecule has 0 saturated carbocycles. The van der Waals surface area contributed by atoms with Gasteiger partial charge < -0.3 is 9.73 Å². The van der Waals surface area contributed by atoms with Gasteiger partial charge in [0.2, 0.25) is 0 Å². The Morgan fingerprint density at radius 2 is 1.87 bits per heavy atom. The summed E-state index contributed by atoms with van der Waals surface area (Å²) < 4.78 is 5.40. The highest BCUT2D eigenvalue weighted by Crippen LogP contribution is 2.26. The molecule has 2 aromatic carbocycles. The molecule has 0 bridgehead atoms. The van der Waals surface area contributed by atoms with Gasteiger partial charge in [-0.15, -0.1) is 0 Å². The van der Waals surface area contributed by atoms with Gasteiger partial charge in [-0.1, -0.05) is 29.8 Å². The second-order valence-electron chi connectivity index (χ2n) is 5.74. The Morgan fingerprint density at radius 1 is 1.09 bits per heavy atom. The second-order valence-corrected chi connectivity index (χ2v) is 6.15. The molecule has 0 atom stereocenters. The molecular weight excluding hydrogens is 310 g/mol. The number of nitrogens with one attached hydrogen (secondary N) is 1. The minimum atomic E-state index is -0.328. The van der Waals surface area contributed by atoms with Crippen molar-refractivity contribution >= 4 is 28.3 Å². The average Bonchev–Trinajstić information content (AvgIpc) is 2.52. The third-order valence-electron chi connectivity index (χ3n) is 4.25. The first-order valence-electron chi connectivity index (χ1n) is 7.49. The van der Waals surface area contributed by atoms with Crippen LogP contribution in [0.4, 0.5) is 5.69 Å². The first-order valence-corrected chi connectivity index (χ1v) is 7.87. The van der Waals surface area contributed by atoms with Crippen LogP contribution in [0.15, 0.2) is 45.6 Å². The Labute approximate surface area is 139 Å². The standard InChI is InChI=1S/C19H18ClNO2/c1-11-7-8-15-14(9-18(22)23-19(15)12(11)2)10-21-17-6-4-5-16(20)13(17)3/h4-9,21H,10H2,1-3H3. The van der Waals surface area contributed by atoms with E-state index in [4.69, 9.17) is 16.0 Å². The first-order chi connectivity index (χ1) is 11.0. The molecule has 3 nitrogen and oxygen atoms in total. The van der Waals surface area contributed by atoms with Crippen LogP contribution in [0.25, 0.3) is 11.0 Å². The molecule has 0 radical (unpaired) electrons. The first kappa shape index (κ1) is 15.6. The van der Waals surface area contributed by atoms with Gasteiger partial charge in [-0.2, -0.15) is 0 Å². The summed E-state index contributed by atoms with van der Waals surface area (Å²) in [6.07, 6.45) is 0. The smallest absolute Gasteiger partial charge is 0.336 e. The predicted octanol–water partition coefficient (Wildman–Crippen LogP) is 4.98. The molecule has 0 unspecified atom stereocenters. The summed E-state index contributed by atoms with van der Waals surface area (Å²) in [6, 6.07) is 11.3. The zero-order chi connectivity index (χ0) is 16.6. The van der Waals surface area contributed by atoms with Crippen molar-refractivity contribution in [1.29, 1.82) is 0 Å². The number of aryl methyl sites for hydroxylation is 2. The summed E-state index contributed by atoms with van der Waals surface area (Å²) in [6.45, 7) is 6.48. The maximum atomic E-state index is 11.9. The van der Waals surface area contributed by atoms with Crippen molar-refractivity contribution in [2.45, 2.75) is 27.3 Å². The Bertz CT molecular complexity index is 944. The Morgan fingerprint density at radius 3 is 2.65 bits per heavy atom. The van der Waals surface area contributed by atoms with E-state index in [0.717, 1.165) is 38.4 Å². The maximum Gasteiger partial charge on any atom is 0.336 e. The van der Waals surface area contributed by atoms with Gasteiger partial charge in [-0.3, -0.25) is 0 Å². The summed E-state index contributed by atoms with van der Waals surface area (Å²) in [7, 11) is 0. The Balaban J connectivity index is 2.02. The van der Waals surface area contributed by atoms with Crippen LogP contribution < -0.4 is 10.9 Å². The highest BCUT2D eigenvalue weighted by Gasteiger charge is 2.10. The van der Waals surface area contributed by atoms with Crippen molar-refractivity contribution in [3.8, 4) is 0 Å². The van der Waals surface area contributed by atoms with E-state index < -0.39 is 0 Å². The van der Waals surface area contributed by atoms with Gasteiger partial charge in [-0.25, -0.2) is 4.79 Å². The van der Waals surface area contributed by atoms with Crippen LogP contribution in [0.1, 0.15) is 22.3 Å². The van der Waals surface area contributed by atoms with Gasteiger partial charge in [0.15, 0.2) is 0 Å². The molecule has 0 amide bonds. The van der Waals surface area contributed by atoms with Crippen molar-refractivity contribution in [2.75, 3.05) is 5.32 Å². The highest BCUT2D eigenvalue weighted by atomic mass is 35.5. The van der Waals surface area contributed by atoms with E-state index in [-0.39, 0.29) is 5.63 Å². The minimum Gasteiger partial charge on any atom is -0.422 e. The fourth-order valence-electron chi connectivity index (χ4n) is 2.66. The number of hydrogen-bond donors (Lipinski definition) is 1. The van der Waals surface area contributed by atoms with E-state index in [9.17, 15) is 4.79 Å². The number of rotatable bonds is 3. The molecule has 3 rings (SSSR count). The third-order valence-corrected chi connectivity index (χ3v) is 4.66. The molecule has 0 saturated heterocycles. The van der Waals surface area contributed by atoms with Crippen molar-refractivity contribution in [3.63, 3.8) is 0 Å². The van der Waals surface area contributed by atoms with Crippen LogP contribution in [0.3, 0.4) is 0 Å². The van der Waals surface area contributed by atoms with Gasteiger partial charge >= 0.3 is 5.63 Å². The van der Waals surface area contributed by atoms with Gasteiger partial charge in [0.1, 0.15) is 5.58 Å². The normalized spacial score (nSPS) is 11.0. The molecule has 4 heteroatoms. The lowest BCUT2D eigenvalue weighted by Gasteiger charge is -2.13. The van der Waals surface area contributed by atoms with Crippen LogP contribution in [-0.4, -0.2) is 0 Å². The molecule has 0 spiro atoms. The third kappa shape index (κ3) is 2.97. The molecule has 23 heavy (non-hydrogen) atoms. The van der Waals surface area contributed by atoms with Crippen LogP contribution in [0, 0.1) is 20.8 Å². The van der Waals surface area contributed by atoms with E-state index in [1.807, 2.05) is 51.1 Å². The molecule has 3 aromatic rings. The fraction of sp³-hybridized carbons (Fsp3) is 0.211. The molecule has 118 valence electrons. The summed E-state index contributed by atoms with van der Waals surface area (Å²) >= 11 is 6.15. The van der Waals surface area contributed by atoms with E-state index in [1.54, 1.807) is 6.07 Å². The highest BCUT2D eigenvalue weighted by molar-refractivity contribution is 6.31. The largest absolute Gasteiger partial charge is 0.422 e. The van der Waals surface area contributed by atoms with Gasteiger partial charge in [-0.05, 0) is 55.2 Å². The Hall–Kier alpha value is -2.26. The molecular formula is C19H18ClNO2. The van der Waals surface area contributed by atoms with Crippen molar-refractivity contribution in [2.24, 2.45) is 0 Å². The summed E-state index contributed by atoms with van der Waals surface area (Å²) in [5.41, 5.74) is 5.31. The average molecular weight is 328 g/mol. The fourth-order valence-corrected chi connectivity index (χ4v) is 2.83. The molecule has 1 aromatic heterocycles. The zero-order valence-electron chi connectivity index (χ0n) is 13.4.